The van der Waals surface area contributed by atoms with E-state index in [1.165, 1.54) is 6.07 Å². The normalized spacial score (nSPS) is 10.5. The molecule has 0 bridgehead atoms. The van der Waals surface area contributed by atoms with Gasteiger partial charge >= 0.3 is 0 Å². The highest BCUT2D eigenvalue weighted by atomic mass is 16.6. The van der Waals surface area contributed by atoms with Gasteiger partial charge < -0.3 is 15.0 Å². The van der Waals surface area contributed by atoms with E-state index < -0.39 is 4.92 Å². The molecule has 0 saturated carbocycles. The second kappa shape index (κ2) is 7.68. The summed E-state index contributed by atoms with van der Waals surface area (Å²) >= 11 is 0. The Labute approximate surface area is 142 Å². The summed E-state index contributed by atoms with van der Waals surface area (Å²) in [7, 11) is 3.71. The monoisotopic (exact) mass is 329 g/mol. The first-order chi connectivity index (χ1) is 11.4. The van der Waals surface area contributed by atoms with E-state index >= 15 is 0 Å². The fourth-order valence-corrected chi connectivity index (χ4v) is 2.50. The Balaban J connectivity index is 2.12. The zero-order valence-electron chi connectivity index (χ0n) is 14.4. The summed E-state index contributed by atoms with van der Waals surface area (Å²) in [6, 6.07) is 12.4. The predicted octanol–water partition coefficient (Wildman–Crippen LogP) is 4.52. The average molecular weight is 329 g/mol. The van der Waals surface area contributed by atoms with E-state index in [4.69, 9.17) is 4.74 Å². The van der Waals surface area contributed by atoms with Crippen LogP contribution in [-0.2, 0) is 0 Å². The molecule has 0 aliphatic carbocycles. The van der Waals surface area contributed by atoms with Gasteiger partial charge in [0.25, 0.3) is 5.69 Å². The van der Waals surface area contributed by atoms with Crippen molar-refractivity contribution >= 4 is 17.1 Å². The number of nitro groups is 1. The lowest BCUT2D eigenvalue weighted by molar-refractivity contribution is -0.384. The van der Waals surface area contributed by atoms with E-state index in [1.807, 2.05) is 24.3 Å². The van der Waals surface area contributed by atoms with Crippen LogP contribution in [0.5, 0.6) is 11.5 Å². The highest BCUT2D eigenvalue weighted by Gasteiger charge is 2.13. The molecule has 0 aliphatic rings. The number of ether oxygens (including phenoxy) is 1. The number of hydrogen-bond donors (Lipinski definition) is 1. The minimum Gasteiger partial charge on any atom is -0.457 e. The summed E-state index contributed by atoms with van der Waals surface area (Å²) in [5.41, 5.74) is 1.57. The first-order valence-corrected chi connectivity index (χ1v) is 7.86. The van der Waals surface area contributed by atoms with Crippen LogP contribution in [0.15, 0.2) is 42.5 Å². The second-order valence-electron chi connectivity index (χ2n) is 6.06. The average Bonchev–Trinajstić information content (AvgIpc) is 2.54. The van der Waals surface area contributed by atoms with Crippen LogP contribution in [-0.4, -0.2) is 25.6 Å². The molecule has 0 fully saturated rings. The topological polar surface area (TPSA) is 67.6 Å². The van der Waals surface area contributed by atoms with Crippen molar-refractivity contribution in [2.75, 3.05) is 30.9 Å². The molecule has 2 aromatic carbocycles. The summed E-state index contributed by atoms with van der Waals surface area (Å²) in [6.07, 6.45) is 0. The van der Waals surface area contributed by atoms with Crippen molar-refractivity contribution < 1.29 is 9.66 Å². The standard InChI is InChI=1S/C18H23N3O3/c1-13(2)12-20(4)14-5-7-15(8-6-14)24-16-9-10-18(21(22)23)17(11-16)19-3/h5-11,13,19H,12H2,1-4H3. The molecule has 0 heterocycles. The summed E-state index contributed by atoms with van der Waals surface area (Å²) in [6.45, 7) is 5.35. The Morgan fingerprint density at radius 3 is 2.33 bits per heavy atom. The van der Waals surface area contributed by atoms with Crippen molar-refractivity contribution in [2.45, 2.75) is 13.8 Å². The number of hydrogen-bond acceptors (Lipinski definition) is 5. The molecule has 0 radical (unpaired) electrons. The van der Waals surface area contributed by atoms with Crippen molar-refractivity contribution in [1.29, 1.82) is 0 Å². The quantitative estimate of drug-likeness (QED) is 0.597. The van der Waals surface area contributed by atoms with Crippen molar-refractivity contribution in [3.8, 4) is 11.5 Å². The fraction of sp³-hybridized carbons (Fsp3) is 0.333. The van der Waals surface area contributed by atoms with Gasteiger partial charge in [-0.25, -0.2) is 0 Å². The highest BCUT2D eigenvalue weighted by Crippen LogP contribution is 2.31. The van der Waals surface area contributed by atoms with Gasteiger partial charge in [0.1, 0.15) is 17.2 Å². The Bertz CT molecular complexity index is 699. The molecule has 6 nitrogen and oxygen atoms in total. The van der Waals surface area contributed by atoms with E-state index in [9.17, 15) is 10.1 Å². The zero-order valence-corrected chi connectivity index (χ0v) is 14.4. The maximum Gasteiger partial charge on any atom is 0.292 e. The lowest BCUT2D eigenvalue weighted by Crippen LogP contribution is -2.22. The Morgan fingerprint density at radius 1 is 1.17 bits per heavy atom. The molecule has 2 rings (SSSR count). The maximum absolute atomic E-state index is 10.9. The minimum atomic E-state index is -0.422. The molecule has 128 valence electrons. The number of nitro benzene ring substituents is 1. The lowest BCUT2D eigenvalue weighted by atomic mass is 10.2. The number of benzene rings is 2. The largest absolute Gasteiger partial charge is 0.457 e. The van der Waals surface area contributed by atoms with E-state index in [1.54, 1.807) is 19.2 Å². The number of nitrogens with zero attached hydrogens (tertiary/aromatic N) is 2. The van der Waals surface area contributed by atoms with E-state index in [-0.39, 0.29) is 5.69 Å². The van der Waals surface area contributed by atoms with Crippen molar-refractivity contribution in [1.82, 2.24) is 0 Å². The summed E-state index contributed by atoms with van der Waals surface area (Å²) < 4.78 is 5.79. The van der Waals surface area contributed by atoms with E-state index in [0.29, 0.717) is 23.1 Å². The molecule has 0 spiro atoms. The van der Waals surface area contributed by atoms with Crippen molar-refractivity contribution in [2.24, 2.45) is 5.92 Å². The molecule has 0 unspecified atom stereocenters. The first-order valence-electron chi connectivity index (χ1n) is 7.86. The highest BCUT2D eigenvalue weighted by molar-refractivity contribution is 5.64. The smallest absolute Gasteiger partial charge is 0.292 e. The molecule has 0 amide bonds. The third-order valence-corrected chi connectivity index (χ3v) is 3.59. The van der Waals surface area contributed by atoms with Gasteiger partial charge in [0.15, 0.2) is 0 Å². The molecule has 2 aromatic rings. The molecule has 6 heteroatoms. The van der Waals surface area contributed by atoms with Crippen LogP contribution in [0.4, 0.5) is 17.1 Å². The van der Waals surface area contributed by atoms with Crippen molar-refractivity contribution in [3.63, 3.8) is 0 Å². The summed E-state index contributed by atoms with van der Waals surface area (Å²) in [5, 5.41) is 13.8. The SMILES string of the molecule is CNc1cc(Oc2ccc(N(C)CC(C)C)cc2)ccc1[N+](=O)[O-]. The van der Waals surface area contributed by atoms with Gasteiger partial charge in [0, 0.05) is 38.5 Å². The van der Waals surface area contributed by atoms with Crippen LogP contribution in [0.2, 0.25) is 0 Å². The molecule has 1 N–H and O–H groups in total. The molecular weight excluding hydrogens is 306 g/mol. The fourth-order valence-electron chi connectivity index (χ4n) is 2.50. The summed E-state index contributed by atoms with van der Waals surface area (Å²) in [5.74, 6) is 1.83. The molecule has 24 heavy (non-hydrogen) atoms. The van der Waals surface area contributed by atoms with Crippen LogP contribution in [0.1, 0.15) is 13.8 Å². The number of nitrogens with one attached hydrogen (secondary N) is 1. The molecule has 0 aromatic heterocycles. The van der Waals surface area contributed by atoms with E-state index in [0.717, 1.165) is 12.2 Å². The first kappa shape index (κ1) is 17.6. The minimum absolute atomic E-state index is 0.0236. The van der Waals surface area contributed by atoms with Gasteiger partial charge in [-0.2, -0.15) is 0 Å². The molecule has 0 atom stereocenters. The third kappa shape index (κ3) is 4.38. The zero-order chi connectivity index (χ0) is 17.7. The Morgan fingerprint density at radius 2 is 1.79 bits per heavy atom. The van der Waals surface area contributed by atoms with Gasteiger partial charge in [0.2, 0.25) is 0 Å². The van der Waals surface area contributed by atoms with Gasteiger partial charge in [-0.1, -0.05) is 13.8 Å². The van der Waals surface area contributed by atoms with Crippen LogP contribution >= 0.6 is 0 Å². The van der Waals surface area contributed by atoms with Gasteiger partial charge in [-0.05, 0) is 36.2 Å². The second-order valence-corrected chi connectivity index (χ2v) is 6.06. The maximum atomic E-state index is 10.9. The van der Waals surface area contributed by atoms with Gasteiger partial charge in [-0.15, -0.1) is 0 Å². The Kier molecular flexibility index (Phi) is 5.63. The molecular formula is C18H23N3O3. The van der Waals surface area contributed by atoms with Gasteiger partial charge in [0.05, 0.1) is 4.92 Å². The Hall–Kier alpha value is -2.76. The third-order valence-electron chi connectivity index (χ3n) is 3.59. The van der Waals surface area contributed by atoms with Crippen LogP contribution in [0.3, 0.4) is 0 Å². The predicted molar refractivity (Wildman–Crippen MR) is 97.3 cm³/mol. The van der Waals surface area contributed by atoms with Crippen LogP contribution < -0.4 is 15.0 Å². The molecule has 0 aliphatic heterocycles. The van der Waals surface area contributed by atoms with Crippen molar-refractivity contribution in [3.05, 3.63) is 52.6 Å². The summed E-state index contributed by atoms with van der Waals surface area (Å²) in [4.78, 5) is 12.7. The number of rotatable bonds is 7. The lowest BCUT2D eigenvalue weighted by Gasteiger charge is -2.21. The van der Waals surface area contributed by atoms with Crippen LogP contribution in [0, 0.1) is 16.0 Å². The van der Waals surface area contributed by atoms with Crippen LogP contribution in [0.25, 0.3) is 0 Å². The molecule has 0 saturated heterocycles. The van der Waals surface area contributed by atoms with E-state index in [2.05, 4.69) is 31.1 Å². The number of anilines is 2. The van der Waals surface area contributed by atoms with Gasteiger partial charge in [-0.3, -0.25) is 10.1 Å².